The second kappa shape index (κ2) is 7.59. The van der Waals surface area contributed by atoms with Crippen LogP contribution in [0.2, 0.25) is 0 Å². The fourth-order valence-electron chi connectivity index (χ4n) is 4.20. The van der Waals surface area contributed by atoms with E-state index in [0.29, 0.717) is 12.6 Å². The number of piperidine rings is 1. The predicted molar refractivity (Wildman–Crippen MR) is 115 cm³/mol. The Labute approximate surface area is 169 Å². The number of benzene rings is 3. The highest BCUT2D eigenvalue weighted by Crippen LogP contribution is 2.25. The van der Waals surface area contributed by atoms with Crippen LogP contribution in [0.4, 0.5) is 6.01 Å². The van der Waals surface area contributed by atoms with E-state index < -0.39 is 0 Å². The van der Waals surface area contributed by atoms with Gasteiger partial charge in [0, 0.05) is 24.7 Å². The highest BCUT2D eigenvalue weighted by Gasteiger charge is 2.28. The Morgan fingerprint density at radius 2 is 1.86 bits per heavy atom. The summed E-state index contributed by atoms with van der Waals surface area (Å²) in [7, 11) is 0. The van der Waals surface area contributed by atoms with Crippen LogP contribution in [0.25, 0.3) is 21.9 Å². The normalized spacial score (nSPS) is 17.0. The Hall–Kier alpha value is -3.34. The van der Waals surface area contributed by atoms with Crippen molar-refractivity contribution < 1.29 is 9.21 Å². The van der Waals surface area contributed by atoms with Crippen LogP contribution in [0.1, 0.15) is 29.6 Å². The number of rotatable bonds is 4. The molecule has 5 heteroatoms. The second-order valence-electron chi connectivity index (χ2n) is 7.54. The summed E-state index contributed by atoms with van der Waals surface area (Å²) in [6.45, 7) is 1.41. The number of carbonyl (C=O) groups is 1. The summed E-state index contributed by atoms with van der Waals surface area (Å²) in [5, 5.41) is 5.41. The number of amides is 1. The van der Waals surface area contributed by atoms with E-state index in [9.17, 15) is 4.79 Å². The number of fused-ring (bicyclic) bond motifs is 2. The smallest absolute Gasteiger partial charge is 0.295 e. The van der Waals surface area contributed by atoms with Gasteiger partial charge in [-0.2, -0.15) is 4.98 Å². The van der Waals surface area contributed by atoms with E-state index in [1.165, 1.54) is 0 Å². The standard InChI is InChI=1S/C24H23N3O2/c28-23(20-12-7-9-17-8-1-2-11-19(17)20)27-15-6-5-10-18(27)16-25-24-26-21-13-3-4-14-22(21)29-24/h1-4,7-9,11-14,18H,5-6,10,15-16H2,(H,25,26). The molecule has 0 saturated carbocycles. The van der Waals surface area contributed by atoms with Crippen molar-refractivity contribution in [1.29, 1.82) is 0 Å². The van der Waals surface area contributed by atoms with E-state index >= 15 is 0 Å². The third kappa shape index (κ3) is 3.44. The quantitative estimate of drug-likeness (QED) is 0.532. The van der Waals surface area contributed by atoms with Gasteiger partial charge in [0.2, 0.25) is 0 Å². The second-order valence-corrected chi connectivity index (χ2v) is 7.54. The molecule has 5 rings (SSSR count). The van der Waals surface area contributed by atoms with Crippen molar-refractivity contribution in [2.24, 2.45) is 0 Å². The Bertz CT molecular complexity index is 1130. The van der Waals surface area contributed by atoms with Crippen LogP contribution >= 0.6 is 0 Å². The molecule has 1 unspecified atom stereocenters. The van der Waals surface area contributed by atoms with Crippen LogP contribution in [0.3, 0.4) is 0 Å². The number of hydrogen-bond acceptors (Lipinski definition) is 4. The summed E-state index contributed by atoms with van der Waals surface area (Å²) in [6.07, 6.45) is 3.14. The van der Waals surface area contributed by atoms with E-state index in [1.54, 1.807) is 0 Å². The van der Waals surface area contributed by atoms with Crippen molar-refractivity contribution in [2.45, 2.75) is 25.3 Å². The topological polar surface area (TPSA) is 58.4 Å². The lowest BCUT2D eigenvalue weighted by Gasteiger charge is -2.36. The summed E-state index contributed by atoms with van der Waals surface area (Å²) < 4.78 is 5.77. The first-order valence-electron chi connectivity index (χ1n) is 10.2. The van der Waals surface area contributed by atoms with Crippen LogP contribution < -0.4 is 5.32 Å². The monoisotopic (exact) mass is 385 g/mol. The first kappa shape index (κ1) is 17.7. The van der Waals surface area contributed by atoms with Gasteiger partial charge in [0.15, 0.2) is 5.58 Å². The van der Waals surface area contributed by atoms with Gasteiger partial charge in [-0.1, -0.05) is 48.5 Å². The molecule has 1 atom stereocenters. The number of hydrogen-bond donors (Lipinski definition) is 1. The van der Waals surface area contributed by atoms with Crippen molar-refractivity contribution in [1.82, 2.24) is 9.88 Å². The zero-order chi connectivity index (χ0) is 19.6. The van der Waals surface area contributed by atoms with Gasteiger partial charge in [-0.15, -0.1) is 0 Å². The molecular weight excluding hydrogens is 362 g/mol. The minimum atomic E-state index is 0.103. The SMILES string of the molecule is O=C(c1cccc2ccccc12)N1CCCCC1CNc1nc2ccccc2o1. The van der Waals surface area contributed by atoms with E-state index in [-0.39, 0.29) is 11.9 Å². The molecule has 0 radical (unpaired) electrons. The molecule has 1 fully saturated rings. The lowest BCUT2D eigenvalue weighted by Crippen LogP contribution is -2.47. The van der Waals surface area contributed by atoms with Gasteiger partial charge in [0.25, 0.3) is 11.9 Å². The fourth-order valence-corrected chi connectivity index (χ4v) is 4.20. The number of aromatic nitrogens is 1. The molecule has 1 aromatic heterocycles. The van der Waals surface area contributed by atoms with Gasteiger partial charge >= 0.3 is 0 Å². The van der Waals surface area contributed by atoms with Crippen LogP contribution in [0.5, 0.6) is 0 Å². The molecule has 1 amide bonds. The van der Waals surface area contributed by atoms with Crippen molar-refractivity contribution in [3.8, 4) is 0 Å². The first-order chi connectivity index (χ1) is 14.3. The largest absolute Gasteiger partial charge is 0.424 e. The van der Waals surface area contributed by atoms with E-state index in [4.69, 9.17) is 4.42 Å². The van der Waals surface area contributed by atoms with Gasteiger partial charge in [-0.25, -0.2) is 0 Å². The molecule has 1 saturated heterocycles. The van der Waals surface area contributed by atoms with Crippen molar-refractivity contribution in [2.75, 3.05) is 18.4 Å². The van der Waals surface area contributed by atoms with E-state index in [0.717, 1.165) is 53.2 Å². The lowest BCUT2D eigenvalue weighted by molar-refractivity contribution is 0.0630. The fraction of sp³-hybridized carbons (Fsp3) is 0.250. The van der Waals surface area contributed by atoms with E-state index in [1.807, 2.05) is 59.5 Å². The molecule has 29 heavy (non-hydrogen) atoms. The molecule has 1 aliphatic rings. The van der Waals surface area contributed by atoms with Gasteiger partial charge in [0.1, 0.15) is 5.52 Å². The Morgan fingerprint density at radius 3 is 2.79 bits per heavy atom. The summed E-state index contributed by atoms with van der Waals surface area (Å²) in [4.78, 5) is 19.9. The zero-order valence-corrected chi connectivity index (χ0v) is 16.2. The lowest BCUT2D eigenvalue weighted by atomic mass is 9.98. The van der Waals surface area contributed by atoms with Crippen molar-refractivity contribution in [3.05, 3.63) is 72.3 Å². The van der Waals surface area contributed by atoms with Gasteiger partial charge in [0.05, 0.1) is 0 Å². The van der Waals surface area contributed by atoms with Crippen molar-refractivity contribution >= 4 is 33.8 Å². The van der Waals surface area contributed by atoms with Crippen LogP contribution in [0, 0.1) is 0 Å². The number of nitrogens with one attached hydrogen (secondary N) is 1. The molecule has 3 aromatic carbocycles. The van der Waals surface area contributed by atoms with Crippen LogP contribution in [-0.4, -0.2) is 34.9 Å². The minimum Gasteiger partial charge on any atom is -0.424 e. The maximum atomic E-state index is 13.4. The molecule has 0 bridgehead atoms. The van der Waals surface area contributed by atoms with E-state index in [2.05, 4.69) is 22.4 Å². The molecular formula is C24H23N3O2. The number of para-hydroxylation sites is 2. The molecule has 0 spiro atoms. The average Bonchev–Trinajstić information content (AvgIpc) is 3.20. The highest BCUT2D eigenvalue weighted by molar-refractivity contribution is 6.07. The van der Waals surface area contributed by atoms with Crippen molar-refractivity contribution in [3.63, 3.8) is 0 Å². The molecule has 2 heterocycles. The van der Waals surface area contributed by atoms with Crippen LogP contribution in [0.15, 0.2) is 71.1 Å². The highest BCUT2D eigenvalue weighted by atomic mass is 16.4. The maximum Gasteiger partial charge on any atom is 0.295 e. The minimum absolute atomic E-state index is 0.103. The number of carbonyl (C=O) groups excluding carboxylic acids is 1. The predicted octanol–water partition coefficient (Wildman–Crippen LogP) is 5.09. The maximum absolute atomic E-state index is 13.4. The molecule has 5 nitrogen and oxygen atoms in total. The molecule has 1 aliphatic heterocycles. The zero-order valence-electron chi connectivity index (χ0n) is 16.2. The first-order valence-corrected chi connectivity index (χ1v) is 10.2. The number of anilines is 1. The Balaban J connectivity index is 1.37. The van der Waals surface area contributed by atoms with Gasteiger partial charge in [-0.05, 0) is 48.2 Å². The van der Waals surface area contributed by atoms with Gasteiger partial charge < -0.3 is 14.6 Å². The summed E-state index contributed by atoms with van der Waals surface area (Å²) in [5.41, 5.74) is 2.38. The summed E-state index contributed by atoms with van der Waals surface area (Å²) in [6, 6.07) is 22.4. The molecule has 146 valence electrons. The molecule has 1 N–H and O–H groups in total. The third-order valence-corrected chi connectivity index (χ3v) is 5.69. The van der Waals surface area contributed by atoms with Crippen LogP contribution in [-0.2, 0) is 0 Å². The summed E-state index contributed by atoms with van der Waals surface area (Å²) in [5.74, 6) is 0.103. The average molecular weight is 385 g/mol. The Morgan fingerprint density at radius 1 is 1.03 bits per heavy atom. The summed E-state index contributed by atoms with van der Waals surface area (Å²) >= 11 is 0. The number of nitrogens with zero attached hydrogens (tertiary/aromatic N) is 2. The Kier molecular flexibility index (Phi) is 4.64. The molecule has 4 aromatic rings. The number of oxazole rings is 1. The van der Waals surface area contributed by atoms with Gasteiger partial charge in [-0.3, -0.25) is 4.79 Å². The number of likely N-dealkylation sites (tertiary alicyclic amines) is 1. The third-order valence-electron chi connectivity index (χ3n) is 5.69. The molecule has 0 aliphatic carbocycles.